The number of aromatic nitrogens is 2. The van der Waals surface area contributed by atoms with Crippen LogP contribution >= 0.6 is 15.9 Å². The number of carbonyl (C=O) groups excluding carboxylic acids is 1. The first-order valence-electron chi connectivity index (χ1n) is 4.73. The Balaban J connectivity index is 2.17. The fourth-order valence-electron chi connectivity index (χ4n) is 1.29. The third kappa shape index (κ3) is 2.55. The van der Waals surface area contributed by atoms with Crippen molar-refractivity contribution >= 4 is 21.7 Å². The summed E-state index contributed by atoms with van der Waals surface area (Å²) in [7, 11) is 0. The van der Waals surface area contributed by atoms with E-state index in [-0.39, 0.29) is 11.6 Å². The van der Waals surface area contributed by atoms with E-state index in [9.17, 15) is 4.79 Å². The summed E-state index contributed by atoms with van der Waals surface area (Å²) in [5.74, 6) is 0.387. The second-order valence-electron chi connectivity index (χ2n) is 3.37. The summed E-state index contributed by atoms with van der Waals surface area (Å²) >= 11 is 3.38. The van der Waals surface area contributed by atoms with Crippen LogP contribution in [-0.2, 0) is 6.42 Å². The molecule has 0 aliphatic rings. The maximum absolute atomic E-state index is 11.0. The topological polar surface area (TPSA) is 56.0 Å². The fourth-order valence-corrected chi connectivity index (χ4v) is 1.74. The van der Waals surface area contributed by atoms with E-state index in [1.165, 1.54) is 6.92 Å². The predicted molar refractivity (Wildman–Crippen MR) is 61.3 cm³/mol. The largest absolute Gasteiger partial charge is 0.339 e. The number of Topliss-reactive ketones (excluding diaryl/α,β-unsaturated/α-hetero) is 1. The molecule has 0 fully saturated rings. The van der Waals surface area contributed by atoms with Crippen molar-refractivity contribution in [2.45, 2.75) is 13.3 Å². The van der Waals surface area contributed by atoms with Crippen LogP contribution in [0.2, 0.25) is 0 Å². The van der Waals surface area contributed by atoms with Crippen molar-refractivity contribution in [3.63, 3.8) is 0 Å². The first-order valence-corrected chi connectivity index (χ1v) is 5.52. The van der Waals surface area contributed by atoms with Crippen LogP contribution in [0.25, 0.3) is 0 Å². The molecule has 5 heteroatoms. The normalized spacial score (nSPS) is 10.4. The highest BCUT2D eigenvalue weighted by molar-refractivity contribution is 9.10. The molecule has 0 spiro atoms. The number of nitrogens with zero attached hydrogens (tertiary/aromatic N) is 2. The Morgan fingerprint density at radius 2 is 2.31 bits per heavy atom. The zero-order chi connectivity index (χ0) is 11.5. The van der Waals surface area contributed by atoms with Gasteiger partial charge in [-0.1, -0.05) is 33.2 Å². The number of rotatable bonds is 3. The van der Waals surface area contributed by atoms with Crippen LogP contribution in [0.4, 0.5) is 0 Å². The molecule has 16 heavy (non-hydrogen) atoms. The molecular formula is C11H9BrN2O2. The van der Waals surface area contributed by atoms with E-state index < -0.39 is 0 Å². The lowest BCUT2D eigenvalue weighted by Crippen LogP contribution is -1.95. The maximum atomic E-state index is 11.0. The lowest BCUT2D eigenvalue weighted by molar-refractivity contribution is 0.100. The highest BCUT2D eigenvalue weighted by atomic mass is 79.9. The molecule has 2 rings (SSSR count). The minimum Gasteiger partial charge on any atom is -0.339 e. The quantitative estimate of drug-likeness (QED) is 0.811. The Hall–Kier alpha value is -1.49. The standard InChI is InChI=1S/C11H9BrN2O2/c1-7(15)11-13-10(16-14-11)6-8-3-2-4-9(12)5-8/h2-5H,6H2,1H3. The van der Waals surface area contributed by atoms with Gasteiger partial charge in [-0.15, -0.1) is 0 Å². The SMILES string of the molecule is CC(=O)c1noc(Cc2cccc(Br)c2)n1. The summed E-state index contributed by atoms with van der Waals surface area (Å²) in [6.45, 7) is 1.41. The maximum Gasteiger partial charge on any atom is 0.238 e. The summed E-state index contributed by atoms with van der Waals surface area (Å²) in [4.78, 5) is 15.0. The zero-order valence-electron chi connectivity index (χ0n) is 8.61. The van der Waals surface area contributed by atoms with Crippen LogP contribution in [0.1, 0.15) is 29.0 Å². The minimum absolute atomic E-state index is 0.130. The number of benzene rings is 1. The summed E-state index contributed by atoms with van der Waals surface area (Å²) in [6.07, 6.45) is 0.527. The molecular weight excluding hydrogens is 272 g/mol. The van der Waals surface area contributed by atoms with E-state index in [0.717, 1.165) is 10.0 Å². The molecule has 4 nitrogen and oxygen atoms in total. The summed E-state index contributed by atoms with van der Waals surface area (Å²) in [5.41, 5.74) is 1.05. The van der Waals surface area contributed by atoms with Crippen LogP contribution in [0.3, 0.4) is 0 Å². The van der Waals surface area contributed by atoms with Gasteiger partial charge >= 0.3 is 0 Å². The second kappa shape index (κ2) is 4.57. The van der Waals surface area contributed by atoms with E-state index >= 15 is 0 Å². The molecule has 0 unspecified atom stereocenters. The second-order valence-corrected chi connectivity index (χ2v) is 4.29. The Bertz CT molecular complexity index is 522. The first kappa shape index (κ1) is 11.0. The van der Waals surface area contributed by atoms with Gasteiger partial charge in [0.25, 0.3) is 0 Å². The predicted octanol–water partition coefficient (Wildman–Crippen LogP) is 2.63. The molecule has 82 valence electrons. The molecule has 0 radical (unpaired) electrons. The van der Waals surface area contributed by atoms with Crippen molar-refractivity contribution in [3.05, 3.63) is 46.0 Å². The molecule has 0 saturated carbocycles. The Kier molecular flexibility index (Phi) is 3.14. The number of ketones is 1. The molecule has 0 atom stereocenters. The van der Waals surface area contributed by atoms with Crippen LogP contribution in [0, 0.1) is 0 Å². The third-order valence-corrected chi connectivity index (χ3v) is 2.52. The third-order valence-electron chi connectivity index (χ3n) is 2.03. The van der Waals surface area contributed by atoms with Gasteiger partial charge in [-0.3, -0.25) is 4.79 Å². The summed E-state index contributed by atoms with van der Waals surface area (Å²) in [6, 6.07) is 7.81. The number of hydrogen-bond acceptors (Lipinski definition) is 4. The smallest absolute Gasteiger partial charge is 0.238 e. The summed E-state index contributed by atoms with van der Waals surface area (Å²) < 4.78 is 5.97. The molecule has 1 heterocycles. The lowest BCUT2D eigenvalue weighted by Gasteiger charge is -1.96. The average molecular weight is 281 g/mol. The molecule has 1 aromatic carbocycles. The average Bonchev–Trinajstić information content (AvgIpc) is 2.66. The van der Waals surface area contributed by atoms with Crippen LogP contribution in [-0.4, -0.2) is 15.9 Å². The van der Waals surface area contributed by atoms with Gasteiger partial charge in [0.05, 0.1) is 6.42 Å². The van der Waals surface area contributed by atoms with E-state index in [0.29, 0.717) is 12.3 Å². The molecule has 0 bridgehead atoms. The van der Waals surface area contributed by atoms with Gasteiger partial charge in [0, 0.05) is 11.4 Å². The summed E-state index contributed by atoms with van der Waals surface area (Å²) in [5, 5.41) is 3.59. The van der Waals surface area contributed by atoms with Crippen molar-refractivity contribution in [1.82, 2.24) is 10.1 Å². The van der Waals surface area contributed by atoms with Crippen molar-refractivity contribution in [3.8, 4) is 0 Å². The molecule has 0 aliphatic heterocycles. The Morgan fingerprint density at radius 3 is 2.94 bits per heavy atom. The molecule has 0 aliphatic carbocycles. The van der Waals surface area contributed by atoms with Gasteiger partial charge in [-0.2, -0.15) is 4.98 Å². The van der Waals surface area contributed by atoms with Crippen molar-refractivity contribution in [2.24, 2.45) is 0 Å². The Labute approximate surface area is 101 Å². The fraction of sp³-hybridized carbons (Fsp3) is 0.182. The van der Waals surface area contributed by atoms with Crippen LogP contribution in [0.15, 0.2) is 33.3 Å². The van der Waals surface area contributed by atoms with Crippen LogP contribution < -0.4 is 0 Å². The lowest BCUT2D eigenvalue weighted by atomic mass is 10.1. The van der Waals surface area contributed by atoms with E-state index in [4.69, 9.17) is 4.52 Å². The molecule has 0 N–H and O–H groups in total. The molecule has 2 aromatic rings. The van der Waals surface area contributed by atoms with Gasteiger partial charge < -0.3 is 4.52 Å². The highest BCUT2D eigenvalue weighted by Gasteiger charge is 2.10. The first-order chi connectivity index (χ1) is 7.65. The van der Waals surface area contributed by atoms with Gasteiger partial charge in [-0.05, 0) is 17.7 Å². The van der Waals surface area contributed by atoms with Gasteiger partial charge in [-0.25, -0.2) is 0 Å². The number of carbonyl (C=O) groups is 1. The number of hydrogen-bond donors (Lipinski definition) is 0. The zero-order valence-corrected chi connectivity index (χ0v) is 10.2. The van der Waals surface area contributed by atoms with Crippen molar-refractivity contribution in [2.75, 3.05) is 0 Å². The molecule has 1 aromatic heterocycles. The minimum atomic E-state index is -0.191. The molecule has 0 amide bonds. The highest BCUT2D eigenvalue weighted by Crippen LogP contribution is 2.14. The van der Waals surface area contributed by atoms with Gasteiger partial charge in [0.15, 0.2) is 0 Å². The van der Waals surface area contributed by atoms with E-state index in [1.54, 1.807) is 0 Å². The van der Waals surface area contributed by atoms with E-state index in [2.05, 4.69) is 26.1 Å². The van der Waals surface area contributed by atoms with Gasteiger partial charge in [0.2, 0.25) is 17.5 Å². The number of halogens is 1. The van der Waals surface area contributed by atoms with Crippen molar-refractivity contribution in [1.29, 1.82) is 0 Å². The Morgan fingerprint density at radius 1 is 1.50 bits per heavy atom. The van der Waals surface area contributed by atoms with Crippen LogP contribution in [0.5, 0.6) is 0 Å². The van der Waals surface area contributed by atoms with E-state index in [1.807, 2.05) is 24.3 Å². The monoisotopic (exact) mass is 280 g/mol. The van der Waals surface area contributed by atoms with Gasteiger partial charge in [0.1, 0.15) is 0 Å². The molecule has 0 saturated heterocycles. The van der Waals surface area contributed by atoms with Crippen molar-refractivity contribution < 1.29 is 9.32 Å².